The van der Waals surface area contributed by atoms with E-state index < -0.39 is 5.91 Å². The summed E-state index contributed by atoms with van der Waals surface area (Å²) >= 11 is 4.94. The number of likely N-dealkylation sites (N-methyl/N-ethyl adjacent to an activating group) is 1. The smallest absolute Gasteiger partial charge is 0.265 e. The van der Waals surface area contributed by atoms with Crippen LogP contribution in [-0.4, -0.2) is 28.4 Å². The summed E-state index contributed by atoms with van der Waals surface area (Å²) in [6.45, 7) is 2.21. The number of carbonyl (C=O) groups is 2. The molecule has 0 spiro atoms. The Hall–Kier alpha value is -2.47. The first kappa shape index (κ1) is 14.9. The lowest BCUT2D eigenvalue weighted by molar-refractivity contribution is -0.128. The van der Waals surface area contributed by atoms with Crippen molar-refractivity contribution in [1.82, 2.24) is 10.2 Å². The lowest BCUT2D eigenvalue weighted by atomic mass is 10.1. The molecule has 1 N–H and O–H groups in total. The van der Waals surface area contributed by atoms with Gasteiger partial charge < -0.3 is 4.42 Å². The van der Waals surface area contributed by atoms with Crippen molar-refractivity contribution >= 4 is 35.2 Å². The summed E-state index contributed by atoms with van der Waals surface area (Å²) in [5.41, 5.74) is 0.0631. The molecule has 0 unspecified atom stereocenters. The lowest BCUT2D eigenvalue weighted by Crippen LogP contribution is -2.53. The summed E-state index contributed by atoms with van der Waals surface area (Å²) in [6, 6.07) is 3.61. The molecule has 1 aliphatic rings. The van der Waals surface area contributed by atoms with Crippen molar-refractivity contribution in [2.45, 2.75) is 6.92 Å². The van der Waals surface area contributed by atoms with Gasteiger partial charge in [0.2, 0.25) is 0 Å². The fraction of sp³-hybridized carbons (Fsp3) is 0.133. The molecule has 1 aliphatic heterocycles. The third kappa shape index (κ3) is 3.55. The maximum absolute atomic E-state index is 12.1. The Morgan fingerprint density at radius 3 is 2.81 bits per heavy atom. The Kier molecular flexibility index (Phi) is 4.84. The lowest BCUT2D eigenvalue weighted by Gasteiger charge is -2.27. The molecule has 2 amide bonds. The van der Waals surface area contributed by atoms with Crippen LogP contribution in [0, 0.1) is 0 Å². The zero-order valence-electron chi connectivity index (χ0n) is 11.4. The molecular weight excluding hydrogens is 288 g/mol. The number of allylic oxidation sites excluding steroid dienone is 4. The van der Waals surface area contributed by atoms with Gasteiger partial charge in [-0.2, -0.15) is 0 Å². The number of amides is 2. The second-order valence-corrected chi connectivity index (χ2v) is 4.54. The standard InChI is InChI=1S/C15H14N2O3S/c1-2-17-14(19)12(13(18)16-15(17)21)9-5-3-4-7-11-8-6-10-20-11/h3-10H,2H2,1H3,(H,16,18,21)/b5-3+,7-4+,12-9-. The zero-order valence-corrected chi connectivity index (χ0v) is 12.2. The number of carbonyl (C=O) groups excluding carboxylic acids is 2. The van der Waals surface area contributed by atoms with Crippen LogP contribution >= 0.6 is 12.2 Å². The van der Waals surface area contributed by atoms with E-state index >= 15 is 0 Å². The molecule has 1 aromatic heterocycles. The number of thiocarbonyl (C=S) groups is 1. The maximum atomic E-state index is 12.1. The Morgan fingerprint density at radius 1 is 1.33 bits per heavy atom. The summed E-state index contributed by atoms with van der Waals surface area (Å²) in [5, 5.41) is 2.63. The Labute approximate surface area is 127 Å². The molecule has 108 valence electrons. The molecule has 0 aromatic carbocycles. The quantitative estimate of drug-likeness (QED) is 0.400. The van der Waals surface area contributed by atoms with Crippen LogP contribution in [-0.2, 0) is 9.59 Å². The van der Waals surface area contributed by atoms with Crippen molar-refractivity contribution in [3.05, 3.63) is 54.0 Å². The Bertz CT molecular complexity index is 642. The third-order valence-corrected chi connectivity index (χ3v) is 3.11. The monoisotopic (exact) mass is 302 g/mol. The molecular formula is C15H14N2O3S. The van der Waals surface area contributed by atoms with Gasteiger partial charge in [0.15, 0.2) is 5.11 Å². The van der Waals surface area contributed by atoms with E-state index in [0.29, 0.717) is 6.54 Å². The van der Waals surface area contributed by atoms with Gasteiger partial charge in [-0.05, 0) is 43.4 Å². The van der Waals surface area contributed by atoms with Crippen LogP contribution in [0.5, 0.6) is 0 Å². The molecule has 5 nitrogen and oxygen atoms in total. The highest BCUT2D eigenvalue weighted by Crippen LogP contribution is 2.10. The van der Waals surface area contributed by atoms with E-state index in [1.807, 2.05) is 6.07 Å². The first-order valence-corrected chi connectivity index (χ1v) is 6.80. The molecule has 0 atom stereocenters. The topological polar surface area (TPSA) is 62.6 Å². The average Bonchev–Trinajstić information content (AvgIpc) is 2.95. The number of hydrogen-bond acceptors (Lipinski definition) is 4. The molecule has 0 bridgehead atoms. The van der Waals surface area contributed by atoms with Crippen molar-refractivity contribution in [3.8, 4) is 0 Å². The van der Waals surface area contributed by atoms with E-state index in [-0.39, 0.29) is 16.6 Å². The highest BCUT2D eigenvalue weighted by Gasteiger charge is 2.31. The second-order valence-electron chi connectivity index (χ2n) is 4.15. The van der Waals surface area contributed by atoms with Crippen molar-refractivity contribution in [1.29, 1.82) is 0 Å². The van der Waals surface area contributed by atoms with Crippen LogP contribution < -0.4 is 5.32 Å². The fourth-order valence-electron chi connectivity index (χ4n) is 1.75. The summed E-state index contributed by atoms with van der Waals surface area (Å²) < 4.78 is 5.13. The maximum Gasteiger partial charge on any atom is 0.265 e. The van der Waals surface area contributed by atoms with Crippen LogP contribution in [0.2, 0.25) is 0 Å². The number of nitrogens with one attached hydrogen (secondary N) is 1. The minimum absolute atomic E-state index is 0.0631. The van der Waals surface area contributed by atoms with Gasteiger partial charge in [0.1, 0.15) is 11.3 Å². The van der Waals surface area contributed by atoms with Crippen LogP contribution in [0.15, 0.2) is 52.7 Å². The summed E-state index contributed by atoms with van der Waals surface area (Å²) in [6.07, 6.45) is 9.90. The van der Waals surface area contributed by atoms with Gasteiger partial charge in [0.25, 0.3) is 11.8 Å². The molecule has 21 heavy (non-hydrogen) atoms. The van der Waals surface area contributed by atoms with Crippen molar-refractivity contribution in [2.24, 2.45) is 0 Å². The van der Waals surface area contributed by atoms with Gasteiger partial charge in [0.05, 0.1) is 6.26 Å². The zero-order chi connectivity index (χ0) is 15.2. The van der Waals surface area contributed by atoms with Gasteiger partial charge in [-0.1, -0.05) is 18.2 Å². The molecule has 6 heteroatoms. The van der Waals surface area contributed by atoms with Crippen molar-refractivity contribution < 1.29 is 14.0 Å². The van der Waals surface area contributed by atoms with Crippen LogP contribution in [0.4, 0.5) is 0 Å². The Morgan fingerprint density at radius 2 is 2.14 bits per heavy atom. The van der Waals surface area contributed by atoms with Gasteiger partial charge in [-0.3, -0.25) is 19.8 Å². The van der Waals surface area contributed by atoms with Gasteiger partial charge >= 0.3 is 0 Å². The Balaban J connectivity index is 2.07. The predicted octanol–water partition coefficient (Wildman–Crippen LogP) is 2.04. The highest BCUT2D eigenvalue weighted by atomic mass is 32.1. The number of furan rings is 1. The summed E-state index contributed by atoms with van der Waals surface area (Å²) in [4.78, 5) is 25.2. The molecule has 0 radical (unpaired) electrons. The van der Waals surface area contributed by atoms with Gasteiger partial charge in [0, 0.05) is 6.54 Å². The first-order chi connectivity index (χ1) is 10.1. The average molecular weight is 302 g/mol. The SMILES string of the molecule is CCN1C(=O)\C(=C/C=C/C=C/c2ccco2)C(=O)NC1=S. The summed E-state index contributed by atoms with van der Waals surface area (Å²) in [7, 11) is 0. The predicted molar refractivity (Wildman–Crippen MR) is 83.1 cm³/mol. The molecule has 0 aliphatic carbocycles. The van der Waals surface area contributed by atoms with E-state index in [9.17, 15) is 9.59 Å². The normalized spacial score (nSPS) is 18.2. The minimum atomic E-state index is -0.477. The molecule has 1 saturated heterocycles. The van der Waals surface area contributed by atoms with E-state index in [1.54, 1.807) is 43.6 Å². The van der Waals surface area contributed by atoms with E-state index in [1.165, 1.54) is 11.0 Å². The fourth-order valence-corrected chi connectivity index (χ4v) is 2.06. The minimum Gasteiger partial charge on any atom is -0.465 e. The van der Waals surface area contributed by atoms with Crippen molar-refractivity contribution in [2.75, 3.05) is 6.54 Å². The molecule has 0 saturated carbocycles. The molecule has 1 aromatic rings. The van der Waals surface area contributed by atoms with E-state index in [0.717, 1.165) is 5.76 Å². The molecule has 2 heterocycles. The molecule has 2 rings (SSSR count). The molecule has 1 fully saturated rings. The second kappa shape index (κ2) is 6.81. The van der Waals surface area contributed by atoms with E-state index in [4.69, 9.17) is 16.6 Å². The van der Waals surface area contributed by atoms with Crippen molar-refractivity contribution in [3.63, 3.8) is 0 Å². The van der Waals surface area contributed by atoms with Gasteiger partial charge in [-0.25, -0.2) is 0 Å². The largest absolute Gasteiger partial charge is 0.465 e. The van der Waals surface area contributed by atoms with E-state index in [2.05, 4.69) is 5.32 Å². The number of hydrogen-bond donors (Lipinski definition) is 1. The van der Waals surface area contributed by atoms with Crippen LogP contribution in [0.3, 0.4) is 0 Å². The van der Waals surface area contributed by atoms with Crippen LogP contribution in [0.25, 0.3) is 6.08 Å². The highest BCUT2D eigenvalue weighted by molar-refractivity contribution is 7.80. The summed E-state index contributed by atoms with van der Waals surface area (Å²) in [5.74, 6) is -0.137. The third-order valence-electron chi connectivity index (χ3n) is 2.79. The number of nitrogens with zero attached hydrogens (tertiary/aromatic N) is 1. The number of rotatable bonds is 4. The van der Waals surface area contributed by atoms with Crippen LogP contribution in [0.1, 0.15) is 12.7 Å². The first-order valence-electron chi connectivity index (χ1n) is 6.39. The van der Waals surface area contributed by atoms with Gasteiger partial charge in [-0.15, -0.1) is 0 Å².